The van der Waals surface area contributed by atoms with Gasteiger partial charge in [-0.3, -0.25) is 9.36 Å². The molecule has 2 heterocycles. The number of ether oxygens (including phenoxy) is 2. The summed E-state index contributed by atoms with van der Waals surface area (Å²) in [7, 11) is 3.15. The molecule has 3 aromatic rings. The van der Waals surface area contributed by atoms with Crippen LogP contribution in [0.15, 0.2) is 40.9 Å². The average molecular weight is 431 g/mol. The van der Waals surface area contributed by atoms with Crippen LogP contribution < -0.4 is 14.8 Å². The van der Waals surface area contributed by atoms with Crippen molar-refractivity contribution in [2.45, 2.75) is 36.2 Å². The molecule has 1 aliphatic carbocycles. The summed E-state index contributed by atoms with van der Waals surface area (Å²) in [5.41, 5.74) is 0.576. The van der Waals surface area contributed by atoms with E-state index in [1.165, 1.54) is 11.8 Å². The molecule has 1 atom stereocenters. The Morgan fingerprint density at radius 2 is 2.10 bits per heavy atom. The maximum atomic E-state index is 12.8. The number of hydrogen-bond donors (Lipinski definition) is 1. The van der Waals surface area contributed by atoms with Crippen molar-refractivity contribution >= 4 is 34.7 Å². The van der Waals surface area contributed by atoms with Crippen LogP contribution in [0.4, 0.5) is 5.69 Å². The average Bonchev–Trinajstić information content (AvgIpc) is 3.25. The predicted molar refractivity (Wildman–Crippen MR) is 115 cm³/mol. The number of hydrogen-bond acceptors (Lipinski definition) is 7. The molecule has 0 spiro atoms. The van der Waals surface area contributed by atoms with Crippen LogP contribution >= 0.6 is 23.1 Å². The minimum absolute atomic E-state index is 0.135. The Kier molecular flexibility index (Phi) is 5.77. The number of carbonyl (C=O) groups is 1. The van der Waals surface area contributed by atoms with Crippen molar-refractivity contribution in [2.24, 2.45) is 0 Å². The van der Waals surface area contributed by atoms with Gasteiger partial charge in [0.1, 0.15) is 11.5 Å². The molecule has 0 unspecified atom stereocenters. The number of methoxy groups -OCH3 is 2. The second kappa shape index (κ2) is 8.46. The molecule has 1 aliphatic rings. The van der Waals surface area contributed by atoms with Gasteiger partial charge >= 0.3 is 0 Å². The van der Waals surface area contributed by atoms with E-state index in [1.54, 1.807) is 43.8 Å². The van der Waals surface area contributed by atoms with Crippen LogP contribution in [0.3, 0.4) is 0 Å². The fourth-order valence-corrected chi connectivity index (χ4v) is 4.58. The van der Waals surface area contributed by atoms with Crippen LogP contribution in [-0.2, 0) is 4.79 Å². The molecule has 2 aromatic heterocycles. The highest BCUT2D eigenvalue weighted by Gasteiger charge is 2.32. The molecular formula is C20H22N4O3S2. The molecular weight excluding hydrogens is 408 g/mol. The van der Waals surface area contributed by atoms with Crippen LogP contribution in [0.25, 0.3) is 10.7 Å². The molecule has 0 bridgehead atoms. The Hall–Kier alpha value is -2.52. The first kappa shape index (κ1) is 19.8. The number of nitrogens with zero attached hydrogens (tertiary/aromatic N) is 3. The van der Waals surface area contributed by atoms with E-state index in [0.717, 1.165) is 28.7 Å². The Morgan fingerprint density at radius 3 is 2.76 bits per heavy atom. The second-order valence-corrected chi connectivity index (χ2v) is 8.96. The zero-order valence-electron chi connectivity index (χ0n) is 16.4. The third-order valence-electron chi connectivity index (χ3n) is 4.63. The van der Waals surface area contributed by atoms with Gasteiger partial charge in [-0.1, -0.05) is 17.8 Å². The molecule has 29 heavy (non-hydrogen) atoms. The number of aromatic nitrogens is 3. The number of amides is 1. The van der Waals surface area contributed by atoms with E-state index in [0.29, 0.717) is 23.2 Å². The Bertz CT molecular complexity index is 999. The van der Waals surface area contributed by atoms with Crippen LogP contribution in [0.2, 0.25) is 0 Å². The summed E-state index contributed by atoms with van der Waals surface area (Å²) < 4.78 is 12.8. The van der Waals surface area contributed by atoms with Gasteiger partial charge in [0.2, 0.25) is 5.91 Å². The van der Waals surface area contributed by atoms with Crippen molar-refractivity contribution in [1.82, 2.24) is 14.8 Å². The minimum atomic E-state index is -0.358. The van der Waals surface area contributed by atoms with E-state index >= 15 is 0 Å². The van der Waals surface area contributed by atoms with Gasteiger partial charge in [0.25, 0.3) is 0 Å². The monoisotopic (exact) mass is 430 g/mol. The molecule has 1 amide bonds. The third-order valence-corrected chi connectivity index (χ3v) is 6.56. The molecule has 0 radical (unpaired) electrons. The van der Waals surface area contributed by atoms with Crippen molar-refractivity contribution in [3.05, 3.63) is 35.7 Å². The maximum absolute atomic E-state index is 12.8. The lowest BCUT2D eigenvalue weighted by Gasteiger charge is -2.15. The third kappa shape index (κ3) is 4.25. The molecule has 1 saturated carbocycles. The summed E-state index contributed by atoms with van der Waals surface area (Å²) in [5, 5.41) is 14.2. The van der Waals surface area contributed by atoms with Crippen molar-refractivity contribution in [3.63, 3.8) is 0 Å². The van der Waals surface area contributed by atoms with Gasteiger partial charge in [-0.2, -0.15) is 0 Å². The summed E-state index contributed by atoms with van der Waals surface area (Å²) in [5.74, 6) is 1.98. The zero-order valence-corrected chi connectivity index (χ0v) is 18.0. The van der Waals surface area contributed by atoms with E-state index in [2.05, 4.69) is 20.1 Å². The SMILES string of the molecule is COc1ccc(OC)c(NC(=O)[C@H](C)Sc2nnc(-c3cccs3)n2C2CC2)c1. The summed E-state index contributed by atoms with van der Waals surface area (Å²) >= 11 is 3.06. The van der Waals surface area contributed by atoms with Gasteiger partial charge in [-0.25, -0.2) is 0 Å². The smallest absolute Gasteiger partial charge is 0.237 e. The van der Waals surface area contributed by atoms with E-state index < -0.39 is 0 Å². The Balaban J connectivity index is 1.51. The van der Waals surface area contributed by atoms with Gasteiger partial charge < -0.3 is 14.8 Å². The van der Waals surface area contributed by atoms with Gasteiger partial charge in [0.05, 0.1) is 30.0 Å². The topological polar surface area (TPSA) is 78.3 Å². The highest BCUT2D eigenvalue weighted by Crippen LogP contribution is 2.42. The molecule has 0 saturated heterocycles. The predicted octanol–water partition coefficient (Wildman–Crippen LogP) is 4.48. The Labute approximate surface area is 177 Å². The molecule has 9 heteroatoms. The number of rotatable bonds is 8. The van der Waals surface area contributed by atoms with Crippen molar-refractivity contribution in [1.29, 1.82) is 0 Å². The van der Waals surface area contributed by atoms with Crippen LogP contribution in [0.5, 0.6) is 11.5 Å². The fraction of sp³-hybridized carbons (Fsp3) is 0.350. The first-order valence-electron chi connectivity index (χ1n) is 9.29. The van der Waals surface area contributed by atoms with Crippen molar-refractivity contribution in [2.75, 3.05) is 19.5 Å². The van der Waals surface area contributed by atoms with Gasteiger partial charge in [-0.15, -0.1) is 21.5 Å². The number of thiophene rings is 1. The number of benzene rings is 1. The first-order valence-corrected chi connectivity index (χ1v) is 11.0. The standard InChI is InChI=1S/C20H22N4O3S2/c1-12(19(25)21-15-11-14(26-2)8-9-16(15)27-3)29-20-23-22-18(17-5-4-10-28-17)24(20)13-6-7-13/h4-5,8-13H,6-7H2,1-3H3,(H,21,25)/t12-/m0/s1. The van der Waals surface area contributed by atoms with Crippen molar-refractivity contribution < 1.29 is 14.3 Å². The Morgan fingerprint density at radius 1 is 1.28 bits per heavy atom. The lowest BCUT2D eigenvalue weighted by molar-refractivity contribution is -0.115. The fourth-order valence-electron chi connectivity index (χ4n) is 2.95. The summed E-state index contributed by atoms with van der Waals surface area (Å²) in [6, 6.07) is 9.78. The number of nitrogens with one attached hydrogen (secondary N) is 1. The molecule has 1 fully saturated rings. The number of anilines is 1. The van der Waals surface area contributed by atoms with Gasteiger partial charge in [0.15, 0.2) is 11.0 Å². The van der Waals surface area contributed by atoms with E-state index in [9.17, 15) is 4.79 Å². The van der Waals surface area contributed by atoms with Gasteiger partial charge in [-0.05, 0) is 43.3 Å². The summed E-state index contributed by atoms with van der Waals surface area (Å²) in [6.45, 7) is 1.86. The normalized spacial score (nSPS) is 14.4. The van der Waals surface area contributed by atoms with Crippen LogP contribution in [0, 0.1) is 0 Å². The highest BCUT2D eigenvalue weighted by molar-refractivity contribution is 8.00. The van der Waals surface area contributed by atoms with Crippen molar-refractivity contribution in [3.8, 4) is 22.2 Å². The summed E-state index contributed by atoms with van der Waals surface area (Å²) in [4.78, 5) is 13.9. The van der Waals surface area contributed by atoms with E-state index in [-0.39, 0.29) is 11.2 Å². The summed E-state index contributed by atoms with van der Waals surface area (Å²) in [6.07, 6.45) is 2.23. The lowest BCUT2D eigenvalue weighted by Crippen LogP contribution is -2.23. The molecule has 152 valence electrons. The zero-order chi connectivity index (χ0) is 20.4. The van der Waals surface area contributed by atoms with Gasteiger partial charge in [0, 0.05) is 12.1 Å². The molecule has 7 nitrogen and oxygen atoms in total. The maximum Gasteiger partial charge on any atom is 0.237 e. The molecule has 1 aromatic carbocycles. The highest BCUT2D eigenvalue weighted by atomic mass is 32.2. The van der Waals surface area contributed by atoms with E-state index in [4.69, 9.17) is 9.47 Å². The lowest BCUT2D eigenvalue weighted by atomic mass is 10.2. The van der Waals surface area contributed by atoms with E-state index in [1.807, 2.05) is 24.4 Å². The second-order valence-electron chi connectivity index (χ2n) is 6.70. The largest absolute Gasteiger partial charge is 0.497 e. The molecule has 0 aliphatic heterocycles. The molecule has 1 N–H and O–H groups in total. The first-order chi connectivity index (χ1) is 14.1. The van der Waals surface area contributed by atoms with Crippen LogP contribution in [-0.4, -0.2) is 40.1 Å². The quantitative estimate of drug-likeness (QED) is 0.531. The number of thioether (sulfide) groups is 1. The van der Waals surface area contributed by atoms with Crippen LogP contribution in [0.1, 0.15) is 25.8 Å². The molecule has 4 rings (SSSR count). The number of carbonyl (C=O) groups excluding carboxylic acids is 1. The minimum Gasteiger partial charge on any atom is -0.497 e.